The number of hydrogen-bond acceptors (Lipinski definition) is 3. The summed E-state index contributed by atoms with van der Waals surface area (Å²) in [5, 5.41) is 0. The van der Waals surface area contributed by atoms with E-state index >= 15 is 0 Å². The van der Waals surface area contributed by atoms with Gasteiger partial charge in [-0.15, -0.1) is 0 Å². The van der Waals surface area contributed by atoms with Crippen molar-refractivity contribution in [3.63, 3.8) is 0 Å². The fourth-order valence-electron chi connectivity index (χ4n) is 2.71. The number of Topliss-reactive ketones (excluding diaryl/α,β-unsaturated/α-hetero) is 1. The van der Waals surface area contributed by atoms with Gasteiger partial charge in [0.2, 0.25) is 5.78 Å². The van der Waals surface area contributed by atoms with Gasteiger partial charge in [0.05, 0.1) is 6.61 Å². The average molecular weight is 202 g/mol. The Balaban J connectivity index is 1.82. The van der Waals surface area contributed by atoms with Crippen molar-refractivity contribution < 1.29 is 14.3 Å². The van der Waals surface area contributed by atoms with Crippen LogP contribution in [0.15, 0.2) is 30.3 Å². The molecule has 1 saturated carbocycles. The number of hydrogen-bond donors (Lipinski definition) is 0. The maximum atomic E-state index is 12.2. The first-order chi connectivity index (χ1) is 7.28. The van der Waals surface area contributed by atoms with Gasteiger partial charge < -0.3 is 9.47 Å². The predicted octanol–water partition coefficient (Wildman–Crippen LogP) is 1.02. The summed E-state index contributed by atoms with van der Waals surface area (Å²) in [5.74, 6) is 0.131. The summed E-state index contributed by atoms with van der Waals surface area (Å²) in [7, 11) is 0. The summed E-state index contributed by atoms with van der Waals surface area (Å²) in [5.41, 5.74) is -0.149. The molecule has 0 aromatic heterocycles. The third kappa shape index (κ3) is 0.780. The highest BCUT2D eigenvalue weighted by molar-refractivity contribution is 6.03. The Morgan fingerprint density at radius 1 is 1.27 bits per heavy atom. The van der Waals surface area contributed by atoms with Crippen molar-refractivity contribution in [1.82, 2.24) is 0 Å². The molecule has 0 amide bonds. The second kappa shape index (κ2) is 2.15. The molecule has 1 aliphatic carbocycles. The largest absolute Gasteiger partial charge is 0.361 e. The Hall–Kier alpha value is -1.19. The highest BCUT2D eigenvalue weighted by Crippen LogP contribution is 2.62. The van der Waals surface area contributed by atoms with E-state index in [0.29, 0.717) is 6.61 Å². The van der Waals surface area contributed by atoms with Crippen LogP contribution in [0.25, 0.3) is 0 Å². The maximum absolute atomic E-state index is 12.2. The van der Waals surface area contributed by atoms with Crippen LogP contribution >= 0.6 is 0 Å². The molecule has 76 valence electrons. The highest BCUT2D eigenvalue weighted by atomic mass is 16.7. The van der Waals surface area contributed by atoms with Crippen LogP contribution in [0.3, 0.4) is 0 Å². The topological polar surface area (TPSA) is 42.1 Å². The zero-order valence-electron chi connectivity index (χ0n) is 8.10. The van der Waals surface area contributed by atoms with E-state index < -0.39 is 11.2 Å². The van der Waals surface area contributed by atoms with Crippen LogP contribution in [0.1, 0.15) is 12.0 Å². The summed E-state index contributed by atoms with van der Waals surface area (Å²) in [6.07, 6.45) is 0.788. The average Bonchev–Trinajstić information content (AvgIpc) is 3.16. The number of carbonyl (C=O) groups is 1. The van der Waals surface area contributed by atoms with Gasteiger partial charge in [-0.25, -0.2) is 0 Å². The molecule has 1 aromatic rings. The first-order valence-electron chi connectivity index (χ1n) is 5.20. The summed E-state index contributed by atoms with van der Waals surface area (Å²) >= 11 is 0. The van der Waals surface area contributed by atoms with Crippen LogP contribution in [0, 0.1) is 0 Å². The standard InChI is InChI=1S/C12H10O3/c13-10-11(7-14-11)6-9-12(10,15-9)8-4-2-1-3-5-8/h1-5,9H,6-7H2/t9-,11-,12-/m1/s1. The highest BCUT2D eigenvalue weighted by Gasteiger charge is 2.79. The molecule has 0 N–H and O–H groups in total. The summed E-state index contributed by atoms with van der Waals surface area (Å²) in [6, 6.07) is 9.74. The van der Waals surface area contributed by atoms with E-state index in [1.54, 1.807) is 0 Å². The number of ether oxygens (including phenoxy) is 2. The minimum atomic E-state index is -0.655. The zero-order valence-corrected chi connectivity index (χ0v) is 8.10. The van der Waals surface area contributed by atoms with Crippen LogP contribution in [0.2, 0.25) is 0 Å². The van der Waals surface area contributed by atoms with Gasteiger partial charge >= 0.3 is 0 Å². The zero-order chi connectivity index (χ0) is 10.1. The van der Waals surface area contributed by atoms with Gasteiger partial charge in [0.1, 0.15) is 6.10 Å². The SMILES string of the molecule is O=C1[C@]2(CO2)C[C@H]2O[C@@]12c1ccccc1. The van der Waals surface area contributed by atoms with Gasteiger partial charge in [-0.3, -0.25) is 4.79 Å². The molecule has 2 saturated heterocycles. The molecule has 3 fully saturated rings. The number of fused-ring (bicyclic) bond motifs is 1. The molecule has 2 aliphatic heterocycles. The Bertz CT molecular complexity index is 449. The summed E-state index contributed by atoms with van der Waals surface area (Å²) < 4.78 is 10.9. The van der Waals surface area contributed by atoms with Crippen LogP contribution < -0.4 is 0 Å². The molecular formula is C12H10O3. The number of epoxide rings is 2. The number of benzene rings is 1. The minimum Gasteiger partial charge on any atom is -0.361 e. The van der Waals surface area contributed by atoms with Crippen LogP contribution in [0.4, 0.5) is 0 Å². The van der Waals surface area contributed by atoms with E-state index in [0.717, 1.165) is 12.0 Å². The second-order valence-corrected chi connectivity index (χ2v) is 4.52. The van der Waals surface area contributed by atoms with Crippen LogP contribution in [0.5, 0.6) is 0 Å². The van der Waals surface area contributed by atoms with E-state index in [1.165, 1.54) is 0 Å². The Labute approximate surface area is 87.0 Å². The summed E-state index contributed by atoms with van der Waals surface area (Å²) in [4.78, 5) is 12.2. The molecule has 15 heavy (non-hydrogen) atoms. The molecule has 3 atom stereocenters. The van der Waals surface area contributed by atoms with Crippen LogP contribution in [-0.4, -0.2) is 24.1 Å². The smallest absolute Gasteiger partial charge is 0.206 e. The van der Waals surface area contributed by atoms with E-state index in [-0.39, 0.29) is 11.9 Å². The quantitative estimate of drug-likeness (QED) is 0.638. The normalized spacial score (nSPS) is 45.6. The van der Waals surface area contributed by atoms with Gasteiger partial charge in [-0.1, -0.05) is 30.3 Å². The van der Waals surface area contributed by atoms with Crippen molar-refractivity contribution >= 4 is 5.78 Å². The molecular weight excluding hydrogens is 192 g/mol. The lowest BCUT2D eigenvalue weighted by Gasteiger charge is -2.10. The fraction of sp³-hybridized carbons (Fsp3) is 0.417. The molecule has 3 aliphatic rings. The Kier molecular flexibility index (Phi) is 1.15. The third-order valence-electron chi connectivity index (χ3n) is 3.69. The van der Waals surface area contributed by atoms with E-state index in [1.807, 2.05) is 30.3 Å². The number of carbonyl (C=O) groups excluding carboxylic acids is 1. The molecule has 0 unspecified atom stereocenters. The fourth-order valence-corrected chi connectivity index (χ4v) is 2.71. The number of rotatable bonds is 1. The lowest BCUT2D eigenvalue weighted by Crippen LogP contribution is -2.30. The van der Waals surface area contributed by atoms with Crippen molar-refractivity contribution in [2.75, 3.05) is 6.61 Å². The second-order valence-electron chi connectivity index (χ2n) is 4.52. The molecule has 3 heteroatoms. The lowest BCUT2D eigenvalue weighted by atomic mass is 9.94. The monoisotopic (exact) mass is 202 g/mol. The van der Waals surface area contributed by atoms with Crippen molar-refractivity contribution in [3.8, 4) is 0 Å². The van der Waals surface area contributed by atoms with Gasteiger partial charge in [0.25, 0.3) is 0 Å². The number of ketones is 1. The molecule has 3 nitrogen and oxygen atoms in total. The summed E-state index contributed by atoms with van der Waals surface area (Å²) in [6.45, 7) is 0.584. The van der Waals surface area contributed by atoms with Crippen molar-refractivity contribution in [2.45, 2.75) is 23.7 Å². The van der Waals surface area contributed by atoms with Crippen molar-refractivity contribution in [3.05, 3.63) is 35.9 Å². The van der Waals surface area contributed by atoms with Gasteiger partial charge in [0, 0.05) is 6.42 Å². The van der Waals surface area contributed by atoms with Crippen LogP contribution in [-0.2, 0) is 19.9 Å². The molecule has 1 spiro atoms. The molecule has 4 rings (SSSR count). The molecule has 1 aromatic carbocycles. The lowest BCUT2D eigenvalue weighted by molar-refractivity contribution is -0.129. The first-order valence-corrected chi connectivity index (χ1v) is 5.20. The Morgan fingerprint density at radius 2 is 2.00 bits per heavy atom. The third-order valence-corrected chi connectivity index (χ3v) is 3.69. The first kappa shape index (κ1) is 8.02. The molecule has 0 bridgehead atoms. The van der Waals surface area contributed by atoms with Crippen molar-refractivity contribution in [1.29, 1.82) is 0 Å². The Morgan fingerprint density at radius 3 is 2.60 bits per heavy atom. The van der Waals surface area contributed by atoms with E-state index in [2.05, 4.69) is 0 Å². The van der Waals surface area contributed by atoms with Gasteiger partial charge in [-0.2, -0.15) is 0 Å². The molecule has 0 radical (unpaired) electrons. The van der Waals surface area contributed by atoms with E-state index in [9.17, 15) is 4.79 Å². The van der Waals surface area contributed by atoms with Gasteiger partial charge in [-0.05, 0) is 5.56 Å². The minimum absolute atomic E-state index is 0.0508. The molecule has 2 heterocycles. The van der Waals surface area contributed by atoms with Gasteiger partial charge in [0.15, 0.2) is 11.2 Å². The van der Waals surface area contributed by atoms with Crippen molar-refractivity contribution in [2.24, 2.45) is 0 Å². The maximum Gasteiger partial charge on any atom is 0.206 e. The predicted molar refractivity (Wildman–Crippen MR) is 51.3 cm³/mol. The van der Waals surface area contributed by atoms with E-state index in [4.69, 9.17) is 9.47 Å².